The number of nitrogens with zero attached hydrogens (tertiary/aromatic N) is 2. The summed E-state index contributed by atoms with van der Waals surface area (Å²) in [6, 6.07) is 0. The van der Waals surface area contributed by atoms with Crippen molar-refractivity contribution in [1.82, 2.24) is 9.55 Å². The van der Waals surface area contributed by atoms with Crippen LogP contribution in [0.1, 0.15) is 36.7 Å². The van der Waals surface area contributed by atoms with Gasteiger partial charge in [0.2, 0.25) is 0 Å². The van der Waals surface area contributed by atoms with Gasteiger partial charge in [0.05, 0.1) is 0 Å². The van der Waals surface area contributed by atoms with Gasteiger partial charge in [-0.2, -0.15) is 4.98 Å². The van der Waals surface area contributed by atoms with Crippen LogP contribution in [-0.2, 0) is 17.8 Å². The molecule has 1 heterocycles. The molecule has 17 heavy (non-hydrogen) atoms. The van der Waals surface area contributed by atoms with E-state index in [1.54, 1.807) is 11.5 Å². The standard InChI is InChI=1S/C12H18N2O3/c1-4-7-14-9(3)10(5-6-11(15)16)8(2)13-12(14)17/h4-7H2,1-3H3,(H,15,16). The van der Waals surface area contributed by atoms with E-state index in [0.29, 0.717) is 18.7 Å². The van der Waals surface area contributed by atoms with Crippen LogP contribution in [0.3, 0.4) is 0 Å². The highest BCUT2D eigenvalue weighted by Crippen LogP contribution is 2.12. The Kier molecular flexibility index (Phi) is 4.43. The molecule has 0 saturated carbocycles. The summed E-state index contributed by atoms with van der Waals surface area (Å²) in [5.74, 6) is -0.836. The minimum atomic E-state index is -0.836. The van der Waals surface area contributed by atoms with Crippen molar-refractivity contribution >= 4 is 5.97 Å². The van der Waals surface area contributed by atoms with E-state index in [0.717, 1.165) is 17.7 Å². The molecular formula is C12H18N2O3. The quantitative estimate of drug-likeness (QED) is 0.839. The number of aromatic nitrogens is 2. The molecule has 0 fully saturated rings. The SMILES string of the molecule is CCCn1c(C)c(CCC(=O)O)c(C)nc1=O. The maximum Gasteiger partial charge on any atom is 0.347 e. The van der Waals surface area contributed by atoms with Crippen molar-refractivity contribution in [2.75, 3.05) is 0 Å². The molecule has 0 saturated heterocycles. The van der Waals surface area contributed by atoms with Gasteiger partial charge in [-0.05, 0) is 32.3 Å². The van der Waals surface area contributed by atoms with Crippen molar-refractivity contribution < 1.29 is 9.90 Å². The van der Waals surface area contributed by atoms with Crippen LogP contribution in [0.15, 0.2) is 4.79 Å². The molecule has 0 aromatic carbocycles. The number of carboxylic acid groups (broad SMARTS) is 1. The molecule has 0 aliphatic heterocycles. The van der Waals surface area contributed by atoms with Gasteiger partial charge in [0.15, 0.2) is 0 Å². The number of aliphatic carboxylic acids is 1. The predicted octanol–water partition coefficient (Wildman–Crippen LogP) is 1.29. The largest absolute Gasteiger partial charge is 0.481 e. The molecule has 0 amide bonds. The molecule has 94 valence electrons. The van der Waals surface area contributed by atoms with E-state index in [2.05, 4.69) is 4.98 Å². The number of hydrogen-bond acceptors (Lipinski definition) is 3. The van der Waals surface area contributed by atoms with Crippen LogP contribution in [0.2, 0.25) is 0 Å². The lowest BCUT2D eigenvalue weighted by molar-refractivity contribution is -0.136. The Balaban J connectivity index is 3.15. The second-order valence-electron chi connectivity index (χ2n) is 4.09. The van der Waals surface area contributed by atoms with Crippen LogP contribution < -0.4 is 5.69 Å². The minimum Gasteiger partial charge on any atom is -0.481 e. The maximum atomic E-state index is 11.7. The Hall–Kier alpha value is -1.65. The lowest BCUT2D eigenvalue weighted by atomic mass is 10.1. The fraction of sp³-hybridized carbons (Fsp3) is 0.583. The van der Waals surface area contributed by atoms with Crippen LogP contribution >= 0.6 is 0 Å². The van der Waals surface area contributed by atoms with Crippen molar-refractivity contribution in [1.29, 1.82) is 0 Å². The van der Waals surface area contributed by atoms with Crippen molar-refractivity contribution in [3.8, 4) is 0 Å². The lowest BCUT2D eigenvalue weighted by Gasteiger charge is -2.14. The van der Waals surface area contributed by atoms with Gasteiger partial charge in [0.1, 0.15) is 0 Å². The fourth-order valence-electron chi connectivity index (χ4n) is 1.92. The summed E-state index contributed by atoms with van der Waals surface area (Å²) in [7, 11) is 0. The summed E-state index contributed by atoms with van der Waals surface area (Å²) >= 11 is 0. The normalized spacial score (nSPS) is 10.5. The second kappa shape index (κ2) is 5.61. The summed E-state index contributed by atoms with van der Waals surface area (Å²) in [6.45, 7) is 6.21. The van der Waals surface area contributed by atoms with Gasteiger partial charge in [-0.3, -0.25) is 9.36 Å². The molecule has 0 radical (unpaired) electrons. The van der Waals surface area contributed by atoms with Gasteiger partial charge < -0.3 is 5.11 Å². The molecule has 5 nitrogen and oxygen atoms in total. The van der Waals surface area contributed by atoms with Gasteiger partial charge in [0, 0.05) is 24.4 Å². The zero-order valence-corrected chi connectivity index (χ0v) is 10.5. The lowest BCUT2D eigenvalue weighted by Crippen LogP contribution is -2.27. The van der Waals surface area contributed by atoms with Crippen LogP contribution in [-0.4, -0.2) is 20.6 Å². The zero-order chi connectivity index (χ0) is 13.0. The number of hydrogen-bond donors (Lipinski definition) is 1. The monoisotopic (exact) mass is 238 g/mol. The highest BCUT2D eigenvalue weighted by atomic mass is 16.4. The Morgan fingerprint density at radius 1 is 1.41 bits per heavy atom. The maximum absolute atomic E-state index is 11.7. The van der Waals surface area contributed by atoms with Crippen molar-refractivity contribution in [2.24, 2.45) is 0 Å². The van der Waals surface area contributed by atoms with Crippen molar-refractivity contribution in [3.05, 3.63) is 27.4 Å². The first-order valence-corrected chi connectivity index (χ1v) is 5.76. The third kappa shape index (κ3) is 3.15. The average molecular weight is 238 g/mol. The third-order valence-electron chi connectivity index (χ3n) is 2.81. The summed E-state index contributed by atoms with van der Waals surface area (Å²) in [5, 5.41) is 8.69. The topological polar surface area (TPSA) is 72.2 Å². The highest BCUT2D eigenvalue weighted by molar-refractivity contribution is 5.67. The number of carboxylic acids is 1. The summed E-state index contributed by atoms with van der Waals surface area (Å²) in [6.07, 6.45) is 1.33. The first-order chi connectivity index (χ1) is 7.97. The average Bonchev–Trinajstić information content (AvgIpc) is 2.23. The van der Waals surface area contributed by atoms with Gasteiger partial charge in [0.25, 0.3) is 0 Å². The van der Waals surface area contributed by atoms with E-state index in [1.807, 2.05) is 13.8 Å². The molecule has 1 aromatic rings. The molecule has 0 spiro atoms. The Labute approximate surface area is 100 Å². The molecule has 1 N–H and O–H groups in total. The smallest absolute Gasteiger partial charge is 0.347 e. The summed E-state index contributed by atoms with van der Waals surface area (Å²) in [5.41, 5.74) is 2.10. The Morgan fingerprint density at radius 3 is 2.59 bits per heavy atom. The predicted molar refractivity (Wildman–Crippen MR) is 64.2 cm³/mol. The van der Waals surface area contributed by atoms with Crippen LogP contribution in [0.25, 0.3) is 0 Å². The minimum absolute atomic E-state index is 0.0632. The first kappa shape index (κ1) is 13.4. The Bertz CT molecular complexity index is 477. The zero-order valence-electron chi connectivity index (χ0n) is 10.5. The van der Waals surface area contributed by atoms with Gasteiger partial charge in [-0.15, -0.1) is 0 Å². The van der Waals surface area contributed by atoms with E-state index in [4.69, 9.17) is 5.11 Å². The second-order valence-corrected chi connectivity index (χ2v) is 4.09. The molecule has 0 bridgehead atoms. The summed E-state index contributed by atoms with van der Waals surface area (Å²) < 4.78 is 1.62. The highest BCUT2D eigenvalue weighted by Gasteiger charge is 2.11. The molecule has 1 aromatic heterocycles. The molecule has 0 aliphatic rings. The van der Waals surface area contributed by atoms with E-state index in [-0.39, 0.29) is 12.1 Å². The van der Waals surface area contributed by atoms with Crippen molar-refractivity contribution in [2.45, 2.75) is 46.6 Å². The van der Waals surface area contributed by atoms with Gasteiger partial charge in [-0.1, -0.05) is 6.92 Å². The molecule has 0 unspecified atom stereocenters. The van der Waals surface area contributed by atoms with Crippen molar-refractivity contribution in [3.63, 3.8) is 0 Å². The molecule has 0 atom stereocenters. The number of aryl methyl sites for hydroxylation is 1. The van der Waals surface area contributed by atoms with Crippen LogP contribution in [0.5, 0.6) is 0 Å². The van der Waals surface area contributed by atoms with Crippen LogP contribution in [0.4, 0.5) is 0 Å². The third-order valence-corrected chi connectivity index (χ3v) is 2.81. The molecule has 1 rings (SSSR count). The van der Waals surface area contributed by atoms with E-state index < -0.39 is 5.97 Å². The Morgan fingerprint density at radius 2 is 2.06 bits per heavy atom. The number of carbonyl (C=O) groups is 1. The van der Waals surface area contributed by atoms with E-state index in [9.17, 15) is 9.59 Å². The van der Waals surface area contributed by atoms with Gasteiger partial charge >= 0.3 is 11.7 Å². The van der Waals surface area contributed by atoms with E-state index >= 15 is 0 Å². The summed E-state index contributed by atoms with van der Waals surface area (Å²) in [4.78, 5) is 26.2. The first-order valence-electron chi connectivity index (χ1n) is 5.76. The van der Waals surface area contributed by atoms with Gasteiger partial charge in [-0.25, -0.2) is 4.79 Å². The fourth-order valence-corrected chi connectivity index (χ4v) is 1.92. The van der Waals surface area contributed by atoms with Crippen LogP contribution in [0, 0.1) is 13.8 Å². The molecule has 5 heteroatoms. The van der Waals surface area contributed by atoms with E-state index in [1.165, 1.54) is 0 Å². The number of rotatable bonds is 5. The molecule has 0 aliphatic carbocycles. The molecular weight excluding hydrogens is 220 g/mol.